The SMILES string of the molecule is Cc1n[nH]c(C)c1S(=O)(=O)NCCc1ncn(C)n1. The van der Waals surface area contributed by atoms with E-state index in [0.29, 0.717) is 23.6 Å². The van der Waals surface area contributed by atoms with E-state index in [0.717, 1.165) is 0 Å². The normalized spacial score (nSPS) is 11.9. The molecule has 104 valence electrons. The third-order valence-electron chi connectivity index (χ3n) is 2.62. The van der Waals surface area contributed by atoms with Crippen molar-refractivity contribution >= 4 is 10.0 Å². The first-order valence-electron chi connectivity index (χ1n) is 5.76. The Kier molecular flexibility index (Phi) is 3.67. The predicted octanol–water partition coefficient (Wildman–Crippen LogP) is -0.324. The number of rotatable bonds is 5. The summed E-state index contributed by atoms with van der Waals surface area (Å²) in [6.07, 6.45) is 2.02. The lowest BCUT2D eigenvalue weighted by molar-refractivity contribution is 0.579. The molecule has 0 saturated heterocycles. The molecular formula is C10H16N6O2S. The number of hydrogen-bond donors (Lipinski definition) is 2. The van der Waals surface area contributed by atoms with Crippen LogP contribution >= 0.6 is 0 Å². The zero-order valence-electron chi connectivity index (χ0n) is 11.0. The molecule has 0 aliphatic heterocycles. The average Bonchev–Trinajstić information content (AvgIpc) is 2.86. The van der Waals surface area contributed by atoms with Crippen LogP contribution in [-0.4, -0.2) is 39.9 Å². The fourth-order valence-electron chi connectivity index (χ4n) is 1.80. The largest absolute Gasteiger partial charge is 0.281 e. The molecule has 2 rings (SSSR count). The van der Waals surface area contributed by atoms with Crippen LogP contribution in [0.2, 0.25) is 0 Å². The number of sulfonamides is 1. The second-order valence-electron chi connectivity index (χ2n) is 4.25. The van der Waals surface area contributed by atoms with Crippen molar-refractivity contribution in [1.29, 1.82) is 0 Å². The van der Waals surface area contributed by atoms with Gasteiger partial charge in [-0.2, -0.15) is 10.2 Å². The average molecular weight is 284 g/mol. The monoisotopic (exact) mass is 284 g/mol. The van der Waals surface area contributed by atoms with Gasteiger partial charge in [0.25, 0.3) is 0 Å². The van der Waals surface area contributed by atoms with E-state index in [4.69, 9.17) is 0 Å². The number of aromatic amines is 1. The van der Waals surface area contributed by atoms with Gasteiger partial charge in [-0.15, -0.1) is 0 Å². The number of H-pyrrole nitrogens is 1. The van der Waals surface area contributed by atoms with E-state index in [1.54, 1.807) is 31.9 Å². The van der Waals surface area contributed by atoms with Crippen LogP contribution < -0.4 is 4.72 Å². The van der Waals surface area contributed by atoms with Gasteiger partial charge in [0, 0.05) is 20.0 Å². The second-order valence-corrected chi connectivity index (χ2v) is 5.95. The number of nitrogens with one attached hydrogen (secondary N) is 2. The highest BCUT2D eigenvalue weighted by Gasteiger charge is 2.21. The van der Waals surface area contributed by atoms with E-state index < -0.39 is 10.0 Å². The van der Waals surface area contributed by atoms with Crippen molar-refractivity contribution in [3.63, 3.8) is 0 Å². The summed E-state index contributed by atoms with van der Waals surface area (Å²) >= 11 is 0. The van der Waals surface area contributed by atoms with Crippen molar-refractivity contribution in [2.75, 3.05) is 6.54 Å². The first kappa shape index (κ1) is 13.7. The molecule has 19 heavy (non-hydrogen) atoms. The van der Waals surface area contributed by atoms with Crippen LogP contribution in [0.1, 0.15) is 17.2 Å². The summed E-state index contributed by atoms with van der Waals surface area (Å²) in [4.78, 5) is 4.24. The smallest absolute Gasteiger partial charge is 0.244 e. The molecular weight excluding hydrogens is 268 g/mol. The third kappa shape index (κ3) is 2.99. The van der Waals surface area contributed by atoms with Gasteiger partial charge in [0.2, 0.25) is 10.0 Å². The Morgan fingerprint density at radius 2 is 2.16 bits per heavy atom. The molecule has 0 aliphatic rings. The molecule has 0 amide bonds. The Labute approximate surface area is 111 Å². The summed E-state index contributed by atoms with van der Waals surface area (Å²) in [5.74, 6) is 0.603. The van der Waals surface area contributed by atoms with Crippen LogP contribution in [-0.2, 0) is 23.5 Å². The minimum Gasteiger partial charge on any atom is -0.281 e. The lowest BCUT2D eigenvalue weighted by Gasteiger charge is -2.05. The van der Waals surface area contributed by atoms with Gasteiger partial charge in [-0.05, 0) is 13.8 Å². The van der Waals surface area contributed by atoms with Crippen LogP contribution in [0.5, 0.6) is 0 Å². The lowest BCUT2D eigenvalue weighted by atomic mass is 10.4. The van der Waals surface area contributed by atoms with Crippen LogP contribution in [0.25, 0.3) is 0 Å². The highest BCUT2D eigenvalue weighted by molar-refractivity contribution is 7.89. The number of aryl methyl sites for hydroxylation is 3. The van der Waals surface area contributed by atoms with Crippen molar-refractivity contribution in [1.82, 2.24) is 29.7 Å². The van der Waals surface area contributed by atoms with Crippen molar-refractivity contribution < 1.29 is 8.42 Å². The van der Waals surface area contributed by atoms with E-state index in [9.17, 15) is 8.42 Å². The first-order valence-corrected chi connectivity index (χ1v) is 7.24. The summed E-state index contributed by atoms with van der Waals surface area (Å²) in [7, 11) is -1.78. The predicted molar refractivity (Wildman–Crippen MR) is 68.0 cm³/mol. The molecule has 0 unspecified atom stereocenters. The van der Waals surface area contributed by atoms with Gasteiger partial charge < -0.3 is 0 Å². The van der Waals surface area contributed by atoms with E-state index >= 15 is 0 Å². The van der Waals surface area contributed by atoms with Crippen LogP contribution in [0.15, 0.2) is 11.2 Å². The van der Waals surface area contributed by atoms with Gasteiger partial charge in [-0.25, -0.2) is 18.1 Å². The zero-order chi connectivity index (χ0) is 14.0. The lowest BCUT2D eigenvalue weighted by Crippen LogP contribution is -2.27. The molecule has 0 atom stereocenters. The van der Waals surface area contributed by atoms with E-state index in [2.05, 4.69) is 25.0 Å². The van der Waals surface area contributed by atoms with Gasteiger partial charge in [0.15, 0.2) is 5.82 Å². The maximum absolute atomic E-state index is 12.1. The molecule has 0 aliphatic carbocycles. The molecule has 8 nitrogen and oxygen atoms in total. The van der Waals surface area contributed by atoms with E-state index in [1.165, 1.54) is 0 Å². The molecule has 2 aromatic rings. The zero-order valence-corrected chi connectivity index (χ0v) is 11.8. The summed E-state index contributed by atoms with van der Waals surface area (Å²) in [5, 5.41) is 10.6. The Hall–Kier alpha value is -1.74. The van der Waals surface area contributed by atoms with Crippen molar-refractivity contribution in [2.24, 2.45) is 7.05 Å². The fourth-order valence-corrected chi connectivity index (χ4v) is 3.20. The summed E-state index contributed by atoms with van der Waals surface area (Å²) in [6, 6.07) is 0. The fraction of sp³-hybridized carbons (Fsp3) is 0.500. The minimum atomic E-state index is -3.55. The third-order valence-corrected chi connectivity index (χ3v) is 4.34. The summed E-state index contributed by atoms with van der Waals surface area (Å²) in [5.41, 5.74) is 0.988. The Bertz CT molecular complexity index is 653. The molecule has 0 saturated carbocycles. The van der Waals surface area contributed by atoms with Gasteiger partial charge >= 0.3 is 0 Å². The molecule has 0 bridgehead atoms. The maximum Gasteiger partial charge on any atom is 0.244 e. The van der Waals surface area contributed by atoms with Crippen molar-refractivity contribution in [3.05, 3.63) is 23.5 Å². The molecule has 0 spiro atoms. The Morgan fingerprint density at radius 3 is 2.68 bits per heavy atom. The van der Waals surface area contributed by atoms with E-state index in [1.807, 2.05) is 0 Å². The Balaban J connectivity index is 2.03. The quantitative estimate of drug-likeness (QED) is 0.782. The first-order chi connectivity index (χ1) is 8.90. The van der Waals surface area contributed by atoms with Gasteiger partial charge in [-0.1, -0.05) is 0 Å². The van der Waals surface area contributed by atoms with Crippen LogP contribution in [0, 0.1) is 13.8 Å². The molecule has 2 aromatic heterocycles. The molecule has 0 radical (unpaired) electrons. The van der Waals surface area contributed by atoms with Gasteiger partial charge in [0.05, 0.1) is 11.4 Å². The van der Waals surface area contributed by atoms with Crippen molar-refractivity contribution in [3.8, 4) is 0 Å². The van der Waals surface area contributed by atoms with Gasteiger partial charge in [-0.3, -0.25) is 9.78 Å². The molecule has 0 aromatic carbocycles. The van der Waals surface area contributed by atoms with Crippen LogP contribution in [0.4, 0.5) is 0 Å². The maximum atomic E-state index is 12.1. The topological polar surface area (TPSA) is 106 Å². The molecule has 2 N–H and O–H groups in total. The molecule has 2 heterocycles. The number of nitrogens with zero attached hydrogens (tertiary/aromatic N) is 4. The van der Waals surface area contributed by atoms with E-state index in [-0.39, 0.29) is 11.4 Å². The number of hydrogen-bond acceptors (Lipinski definition) is 5. The number of aromatic nitrogens is 5. The van der Waals surface area contributed by atoms with Crippen LogP contribution in [0.3, 0.4) is 0 Å². The molecule has 9 heteroatoms. The standard InChI is InChI=1S/C10H16N6O2S/c1-7-10(8(2)14-13-7)19(17,18)12-5-4-9-11-6-16(3)15-9/h6,12H,4-5H2,1-3H3,(H,13,14). The second kappa shape index (κ2) is 5.10. The van der Waals surface area contributed by atoms with Crippen molar-refractivity contribution in [2.45, 2.75) is 25.2 Å². The summed E-state index contributed by atoms with van der Waals surface area (Å²) < 4.78 is 28.3. The Morgan fingerprint density at radius 1 is 1.42 bits per heavy atom. The molecule has 0 fully saturated rings. The highest BCUT2D eigenvalue weighted by Crippen LogP contribution is 2.15. The highest BCUT2D eigenvalue weighted by atomic mass is 32.2. The van der Waals surface area contributed by atoms with Gasteiger partial charge in [0.1, 0.15) is 11.2 Å². The minimum absolute atomic E-state index is 0.210. The summed E-state index contributed by atoms with van der Waals surface area (Å²) in [6.45, 7) is 3.57.